The van der Waals surface area contributed by atoms with Crippen molar-refractivity contribution in [3.05, 3.63) is 54.1 Å². The molecule has 0 fully saturated rings. The van der Waals surface area contributed by atoms with Crippen LogP contribution in [0.1, 0.15) is 24.2 Å². The van der Waals surface area contributed by atoms with E-state index in [2.05, 4.69) is 10.3 Å². The van der Waals surface area contributed by atoms with E-state index in [0.29, 0.717) is 21.1 Å². The number of hydrogen-bond acceptors (Lipinski definition) is 8. The Balaban J connectivity index is 1.78. The molecule has 9 heteroatoms. The van der Waals surface area contributed by atoms with E-state index >= 15 is 0 Å². The lowest BCUT2D eigenvalue weighted by atomic mass is 10.2. The predicted octanol–water partition coefficient (Wildman–Crippen LogP) is 4.14. The Labute approximate surface area is 181 Å². The fraction of sp³-hybridized carbons (Fsp3) is 0.238. The van der Waals surface area contributed by atoms with Crippen LogP contribution in [0.5, 0.6) is 0 Å². The highest BCUT2D eigenvalue weighted by atomic mass is 32.2. The third-order valence-corrected chi connectivity index (χ3v) is 6.15. The Hall–Kier alpha value is -2.91. The zero-order valence-electron chi connectivity index (χ0n) is 16.4. The Morgan fingerprint density at radius 1 is 1.03 bits per heavy atom. The van der Waals surface area contributed by atoms with Gasteiger partial charge in [-0.25, -0.2) is 4.98 Å². The summed E-state index contributed by atoms with van der Waals surface area (Å²) in [7, 11) is 0. The number of thioether (sulfide) groups is 1. The molecule has 156 valence electrons. The van der Waals surface area contributed by atoms with Gasteiger partial charge in [0.2, 0.25) is 5.25 Å². The first kappa shape index (κ1) is 21.8. The van der Waals surface area contributed by atoms with Crippen molar-refractivity contribution in [2.45, 2.75) is 23.4 Å². The molecule has 0 spiro atoms. The number of thiazole rings is 1. The molecular weight excluding hydrogens is 424 g/mol. The van der Waals surface area contributed by atoms with Gasteiger partial charge in [0.15, 0.2) is 4.34 Å². The number of ether oxygens (including phenoxy) is 2. The molecule has 7 nitrogen and oxygen atoms in total. The summed E-state index contributed by atoms with van der Waals surface area (Å²) in [4.78, 5) is 41.2. The minimum atomic E-state index is -1.14. The Kier molecular flexibility index (Phi) is 7.42. The van der Waals surface area contributed by atoms with Gasteiger partial charge in [-0.3, -0.25) is 14.4 Å². The van der Waals surface area contributed by atoms with Crippen LogP contribution in [0, 0.1) is 0 Å². The molecule has 3 aromatic rings. The van der Waals surface area contributed by atoms with E-state index in [1.165, 1.54) is 11.3 Å². The van der Waals surface area contributed by atoms with E-state index in [9.17, 15) is 14.4 Å². The number of hydrogen-bond donors (Lipinski definition) is 1. The van der Waals surface area contributed by atoms with Crippen molar-refractivity contribution in [3.8, 4) is 0 Å². The topological polar surface area (TPSA) is 94.6 Å². The minimum Gasteiger partial charge on any atom is -0.465 e. The van der Waals surface area contributed by atoms with Crippen LogP contribution in [0.3, 0.4) is 0 Å². The van der Waals surface area contributed by atoms with Crippen LogP contribution in [-0.2, 0) is 19.1 Å². The largest absolute Gasteiger partial charge is 0.465 e. The van der Waals surface area contributed by atoms with Crippen LogP contribution in [0.25, 0.3) is 10.2 Å². The molecule has 0 aliphatic carbocycles. The van der Waals surface area contributed by atoms with Gasteiger partial charge in [0.1, 0.15) is 0 Å². The number of amides is 1. The van der Waals surface area contributed by atoms with E-state index in [-0.39, 0.29) is 19.1 Å². The van der Waals surface area contributed by atoms with Crippen LogP contribution in [0.15, 0.2) is 52.9 Å². The average molecular weight is 445 g/mol. The summed E-state index contributed by atoms with van der Waals surface area (Å²) in [5.74, 6) is -1.52. The van der Waals surface area contributed by atoms with Gasteiger partial charge >= 0.3 is 11.9 Å². The number of nitrogens with one attached hydrogen (secondary N) is 1. The number of carbonyl (C=O) groups excluding carboxylic acids is 3. The molecule has 0 radical (unpaired) electrons. The third kappa shape index (κ3) is 5.37. The summed E-state index contributed by atoms with van der Waals surface area (Å²) in [6.45, 7) is 3.68. The lowest BCUT2D eigenvalue weighted by Crippen LogP contribution is -2.30. The zero-order valence-corrected chi connectivity index (χ0v) is 18.0. The number of carbonyl (C=O) groups is 3. The molecule has 0 saturated heterocycles. The molecule has 1 N–H and O–H groups in total. The molecule has 0 bridgehead atoms. The number of esters is 2. The average Bonchev–Trinajstić information content (AvgIpc) is 3.14. The number of anilines is 1. The van der Waals surface area contributed by atoms with E-state index < -0.39 is 17.2 Å². The number of nitrogens with zero attached hydrogens (tertiary/aromatic N) is 1. The van der Waals surface area contributed by atoms with Crippen LogP contribution >= 0.6 is 23.1 Å². The monoisotopic (exact) mass is 444 g/mol. The molecule has 3 rings (SSSR count). The Morgan fingerprint density at radius 2 is 1.70 bits per heavy atom. The molecule has 0 aliphatic heterocycles. The fourth-order valence-electron chi connectivity index (χ4n) is 2.55. The van der Waals surface area contributed by atoms with Gasteiger partial charge in [0.25, 0.3) is 5.91 Å². The highest BCUT2D eigenvalue weighted by Gasteiger charge is 2.32. The summed E-state index contributed by atoms with van der Waals surface area (Å²) in [5, 5.41) is 1.72. The maximum Gasteiger partial charge on any atom is 0.331 e. The van der Waals surface area contributed by atoms with Crippen molar-refractivity contribution in [1.82, 2.24) is 4.98 Å². The number of rotatable bonds is 8. The first-order chi connectivity index (χ1) is 14.5. The summed E-state index contributed by atoms with van der Waals surface area (Å²) in [6, 6.07) is 14.3. The molecule has 1 amide bonds. The van der Waals surface area contributed by atoms with E-state index in [4.69, 9.17) is 9.47 Å². The lowest BCUT2D eigenvalue weighted by Gasteiger charge is -2.12. The van der Waals surface area contributed by atoms with Crippen LogP contribution < -0.4 is 5.32 Å². The summed E-state index contributed by atoms with van der Waals surface area (Å²) in [5.41, 5.74) is 1.89. The highest BCUT2D eigenvalue weighted by molar-refractivity contribution is 8.03. The number of aromatic nitrogens is 1. The minimum absolute atomic E-state index is 0.166. The quantitative estimate of drug-likeness (QED) is 0.317. The summed E-state index contributed by atoms with van der Waals surface area (Å²) < 4.78 is 11.3. The fourth-order valence-corrected chi connectivity index (χ4v) is 4.72. The van der Waals surface area contributed by atoms with Crippen LogP contribution in [-0.4, -0.2) is 41.3 Å². The lowest BCUT2D eigenvalue weighted by molar-refractivity contribution is -0.152. The van der Waals surface area contributed by atoms with Crippen LogP contribution in [0.2, 0.25) is 0 Å². The van der Waals surface area contributed by atoms with Gasteiger partial charge in [0, 0.05) is 11.3 Å². The molecule has 2 aromatic carbocycles. The standard InChI is InChI=1S/C21H20N2O5S2/c1-3-27-19(25)17(20(26)28-4-2)30-21-23-15-11-10-14(12-16(15)29-21)22-18(24)13-8-6-5-7-9-13/h5-12,17H,3-4H2,1-2H3,(H,22,24). The highest BCUT2D eigenvalue weighted by Crippen LogP contribution is 2.34. The van der Waals surface area contributed by atoms with Gasteiger partial charge in [-0.15, -0.1) is 11.3 Å². The van der Waals surface area contributed by atoms with Gasteiger partial charge in [-0.05, 0) is 44.2 Å². The first-order valence-corrected chi connectivity index (χ1v) is 11.0. The SMILES string of the molecule is CCOC(=O)C(Sc1nc2ccc(NC(=O)c3ccccc3)cc2s1)C(=O)OCC. The van der Waals surface area contributed by atoms with E-state index in [1.54, 1.807) is 50.2 Å². The maximum absolute atomic E-state index is 12.3. The molecule has 1 aromatic heterocycles. The van der Waals surface area contributed by atoms with Gasteiger partial charge in [-0.2, -0.15) is 0 Å². The van der Waals surface area contributed by atoms with Crippen molar-refractivity contribution >= 4 is 56.8 Å². The second kappa shape index (κ2) is 10.2. The predicted molar refractivity (Wildman–Crippen MR) is 117 cm³/mol. The summed E-state index contributed by atoms with van der Waals surface area (Å²) >= 11 is 2.32. The van der Waals surface area contributed by atoms with Crippen molar-refractivity contribution in [1.29, 1.82) is 0 Å². The normalized spacial score (nSPS) is 10.8. The zero-order chi connectivity index (χ0) is 21.5. The van der Waals surface area contributed by atoms with Gasteiger partial charge in [-0.1, -0.05) is 30.0 Å². The Bertz CT molecular complexity index is 1030. The van der Waals surface area contributed by atoms with Crippen LogP contribution in [0.4, 0.5) is 5.69 Å². The molecular formula is C21H20N2O5S2. The number of fused-ring (bicyclic) bond motifs is 1. The van der Waals surface area contributed by atoms with Crippen molar-refractivity contribution < 1.29 is 23.9 Å². The molecule has 0 unspecified atom stereocenters. The second-order valence-corrected chi connectivity index (χ2v) is 8.37. The third-order valence-electron chi connectivity index (χ3n) is 3.88. The Morgan fingerprint density at radius 3 is 2.33 bits per heavy atom. The van der Waals surface area contributed by atoms with Gasteiger partial charge < -0.3 is 14.8 Å². The van der Waals surface area contributed by atoms with Crippen molar-refractivity contribution in [2.75, 3.05) is 18.5 Å². The number of benzene rings is 2. The summed E-state index contributed by atoms with van der Waals surface area (Å²) in [6.07, 6.45) is 0. The smallest absolute Gasteiger partial charge is 0.331 e. The molecule has 30 heavy (non-hydrogen) atoms. The second-order valence-electron chi connectivity index (χ2n) is 5.98. The maximum atomic E-state index is 12.3. The van der Waals surface area contributed by atoms with Crippen molar-refractivity contribution in [2.24, 2.45) is 0 Å². The van der Waals surface area contributed by atoms with E-state index in [0.717, 1.165) is 16.5 Å². The molecule has 0 aliphatic rings. The van der Waals surface area contributed by atoms with Gasteiger partial charge in [0.05, 0.1) is 23.4 Å². The first-order valence-electron chi connectivity index (χ1n) is 9.28. The molecule has 0 atom stereocenters. The molecule has 1 heterocycles. The molecule has 0 saturated carbocycles. The van der Waals surface area contributed by atoms with E-state index in [1.807, 2.05) is 12.1 Å². The van der Waals surface area contributed by atoms with Crippen molar-refractivity contribution in [3.63, 3.8) is 0 Å².